The van der Waals surface area contributed by atoms with Crippen LogP contribution in [0.3, 0.4) is 0 Å². The lowest BCUT2D eigenvalue weighted by Crippen LogP contribution is -2.45. The minimum absolute atomic E-state index is 0.215. The highest BCUT2D eigenvalue weighted by molar-refractivity contribution is 5.69. The average molecular weight is 401 g/mol. The number of hydrogen-bond acceptors (Lipinski definition) is 2. The Hall–Kier alpha value is -2.52. The van der Waals surface area contributed by atoms with Crippen LogP contribution in [-0.2, 0) is 19.7 Å². The Morgan fingerprint density at radius 1 is 0.933 bits per heavy atom. The van der Waals surface area contributed by atoms with Crippen molar-refractivity contribution in [2.75, 3.05) is 6.54 Å². The zero-order valence-corrected chi connectivity index (χ0v) is 18.4. The summed E-state index contributed by atoms with van der Waals surface area (Å²) < 4.78 is 8.61. The summed E-state index contributed by atoms with van der Waals surface area (Å²) in [5.74, 6) is 1.67. The van der Waals surface area contributed by atoms with Crippen molar-refractivity contribution in [1.82, 2.24) is 9.47 Å². The number of hydrogen-bond donors (Lipinski definition) is 0. The first-order valence-electron chi connectivity index (χ1n) is 11.2. The number of benzene rings is 2. The van der Waals surface area contributed by atoms with Gasteiger partial charge in [0.25, 0.3) is 0 Å². The van der Waals surface area contributed by atoms with Crippen LogP contribution in [-0.4, -0.2) is 21.6 Å². The van der Waals surface area contributed by atoms with Crippen molar-refractivity contribution in [3.8, 4) is 16.9 Å². The van der Waals surface area contributed by atoms with Crippen LogP contribution in [0.1, 0.15) is 56.5 Å². The quantitative estimate of drug-likeness (QED) is 0.505. The maximum atomic E-state index is 5.99. The second-order valence-corrected chi connectivity index (χ2v) is 9.75. The van der Waals surface area contributed by atoms with E-state index in [4.69, 9.17) is 4.74 Å². The van der Waals surface area contributed by atoms with Crippen LogP contribution in [0.25, 0.3) is 11.1 Å². The molecule has 0 atom stereocenters. The minimum Gasteiger partial charge on any atom is -0.489 e. The zero-order chi connectivity index (χ0) is 20.7. The fourth-order valence-electron chi connectivity index (χ4n) is 4.58. The van der Waals surface area contributed by atoms with Gasteiger partial charge in [0.2, 0.25) is 0 Å². The lowest BCUT2D eigenvalue weighted by molar-refractivity contribution is 0.102. The van der Waals surface area contributed by atoms with Gasteiger partial charge < -0.3 is 9.30 Å². The Balaban J connectivity index is 1.38. The molecule has 0 bridgehead atoms. The molecule has 2 aromatic carbocycles. The molecule has 3 heteroatoms. The molecule has 1 aliphatic carbocycles. The van der Waals surface area contributed by atoms with Crippen LogP contribution < -0.4 is 4.74 Å². The van der Waals surface area contributed by atoms with E-state index in [0.29, 0.717) is 6.61 Å². The van der Waals surface area contributed by atoms with Gasteiger partial charge in [-0.3, -0.25) is 4.90 Å². The molecular formula is C27H32N2O. The van der Waals surface area contributed by atoms with Gasteiger partial charge in [0, 0.05) is 42.1 Å². The lowest BCUT2D eigenvalue weighted by atomic mass is 10.0. The molecule has 1 saturated carbocycles. The van der Waals surface area contributed by atoms with E-state index >= 15 is 0 Å². The molecule has 0 spiro atoms. The maximum absolute atomic E-state index is 5.99. The van der Waals surface area contributed by atoms with Crippen molar-refractivity contribution in [3.05, 3.63) is 77.6 Å². The SMILES string of the molecule is CC(C)(C)N1CCn2c(cc(-c3ccc(OCc4ccccc4)cc3)c2C2CC2)C1. The van der Waals surface area contributed by atoms with E-state index in [1.807, 2.05) is 6.07 Å². The van der Waals surface area contributed by atoms with Gasteiger partial charge in [-0.15, -0.1) is 0 Å². The normalized spacial score (nSPS) is 17.0. The number of rotatable bonds is 5. The fraction of sp³-hybridized carbons (Fsp3) is 0.407. The average Bonchev–Trinajstić information content (AvgIpc) is 3.52. The number of ether oxygens (including phenoxy) is 1. The summed E-state index contributed by atoms with van der Waals surface area (Å²) in [4.78, 5) is 2.60. The third kappa shape index (κ3) is 3.91. The highest BCUT2D eigenvalue weighted by Gasteiger charge is 2.34. The largest absolute Gasteiger partial charge is 0.489 e. The molecule has 0 unspecified atom stereocenters. The Morgan fingerprint density at radius 3 is 2.33 bits per heavy atom. The molecule has 0 saturated heterocycles. The molecule has 0 radical (unpaired) electrons. The monoisotopic (exact) mass is 400 g/mol. The van der Waals surface area contributed by atoms with E-state index < -0.39 is 0 Å². The molecule has 1 aromatic heterocycles. The van der Waals surface area contributed by atoms with Gasteiger partial charge in [0.05, 0.1) is 0 Å². The van der Waals surface area contributed by atoms with Gasteiger partial charge in [-0.2, -0.15) is 0 Å². The van der Waals surface area contributed by atoms with Crippen LogP contribution in [0.2, 0.25) is 0 Å². The number of fused-ring (bicyclic) bond motifs is 1. The molecule has 3 nitrogen and oxygen atoms in total. The van der Waals surface area contributed by atoms with Crippen molar-refractivity contribution >= 4 is 0 Å². The third-order valence-electron chi connectivity index (χ3n) is 6.50. The van der Waals surface area contributed by atoms with Gasteiger partial charge in [-0.25, -0.2) is 0 Å². The molecule has 3 aromatic rings. The van der Waals surface area contributed by atoms with E-state index in [2.05, 4.69) is 84.8 Å². The summed E-state index contributed by atoms with van der Waals surface area (Å²) in [6, 6.07) is 21.5. The minimum atomic E-state index is 0.215. The van der Waals surface area contributed by atoms with E-state index in [1.165, 1.54) is 35.2 Å². The first-order valence-corrected chi connectivity index (χ1v) is 11.2. The van der Waals surface area contributed by atoms with E-state index in [1.54, 1.807) is 5.69 Å². The molecule has 0 amide bonds. The predicted octanol–water partition coefficient (Wildman–Crippen LogP) is 6.23. The number of nitrogens with zero attached hydrogens (tertiary/aromatic N) is 2. The molecule has 2 aliphatic rings. The van der Waals surface area contributed by atoms with E-state index in [9.17, 15) is 0 Å². The first-order chi connectivity index (χ1) is 14.5. The van der Waals surface area contributed by atoms with Crippen molar-refractivity contribution < 1.29 is 4.74 Å². The van der Waals surface area contributed by atoms with E-state index in [-0.39, 0.29) is 5.54 Å². The highest BCUT2D eigenvalue weighted by atomic mass is 16.5. The Labute approximate surface area is 180 Å². The van der Waals surface area contributed by atoms with Crippen LogP contribution in [0.4, 0.5) is 0 Å². The summed E-state index contributed by atoms with van der Waals surface area (Å²) in [5, 5.41) is 0. The first kappa shape index (κ1) is 19.4. The Bertz CT molecular complexity index is 1010. The Morgan fingerprint density at radius 2 is 1.67 bits per heavy atom. The van der Waals surface area contributed by atoms with Crippen LogP contribution in [0.5, 0.6) is 5.75 Å². The third-order valence-corrected chi connectivity index (χ3v) is 6.50. The number of aromatic nitrogens is 1. The Kier molecular flexibility index (Phi) is 4.94. The van der Waals surface area contributed by atoms with Crippen molar-refractivity contribution in [1.29, 1.82) is 0 Å². The van der Waals surface area contributed by atoms with Crippen LogP contribution in [0.15, 0.2) is 60.7 Å². The second kappa shape index (κ2) is 7.63. The van der Waals surface area contributed by atoms with E-state index in [0.717, 1.165) is 31.3 Å². The zero-order valence-electron chi connectivity index (χ0n) is 18.4. The molecule has 1 fully saturated rings. The van der Waals surface area contributed by atoms with Crippen molar-refractivity contribution in [3.63, 3.8) is 0 Å². The van der Waals surface area contributed by atoms with Gasteiger partial charge in [0.15, 0.2) is 0 Å². The topological polar surface area (TPSA) is 17.4 Å². The summed E-state index contributed by atoms with van der Waals surface area (Å²) >= 11 is 0. The lowest BCUT2D eigenvalue weighted by Gasteiger charge is -2.39. The molecule has 0 N–H and O–H groups in total. The van der Waals surface area contributed by atoms with Crippen molar-refractivity contribution in [2.45, 2.75) is 64.8 Å². The molecule has 1 aliphatic heterocycles. The predicted molar refractivity (Wildman–Crippen MR) is 123 cm³/mol. The van der Waals surface area contributed by atoms with Gasteiger partial charge in [-0.05, 0) is 68.9 Å². The van der Waals surface area contributed by atoms with Gasteiger partial charge in [0.1, 0.15) is 12.4 Å². The molecule has 5 rings (SSSR count). The second-order valence-electron chi connectivity index (χ2n) is 9.75. The molecule has 156 valence electrons. The molecule has 2 heterocycles. The van der Waals surface area contributed by atoms with Crippen molar-refractivity contribution in [2.24, 2.45) is 0 Å². The molecular weight excluding hydrogens is 368 g/mol. The maximum Gasteiger partial charge on any atom is 0.119 e. The summed E-state index contributed by atoms with van der Waals surface area (Å²) in [7, 11) is 0. The summed E-state index contributed by atoms with van der Waals surface area (Å²) in [5.41, 5.74) is 7.19. The van der Waals surface area contributed by atoms with Crippen LogP contribution in [0, 0.1) is 0 Å². The standard InChI is InChI=1S/C27H32N2O/c1-27(2,3)28-15-16-29-23(18-28)17-25(26(29)22-9-10-22)21-11-13-24(14-12-21)30-19-20-7-5-4-6-8-20/h4-8,11-14,17,22H,9-10,15-16,18-19H2,1-3H3. The molecule has 30 heavy (non-hydrogen) atoms. The van der Waals surface area contributed by atoms with Crippen LogP contribution >= 0.6 is 0 Å². The smallest absolute Gasteiger partial charge is 0.119 e. The summed E-state index contributed by atoms with van der Waals surface area (Å²) in [6.07, 6.45) is 2.66. The highest BCUT2D eigenvalue weighted by Crippen LogP contribution is 2.47. The van der Waals surface area contributed by atoms with Gasteiger partial charge in [-0.1, -0.05) is 42.5 Å². The fourth-order valence-corrected chi connectivity index (χ4v) is 4.58. The van der Waals surface area contributed by atoms with Gasteiger partial charge >= 0.3 is 0 Å². The summed E-state index contributed by atoms with van der Waals surface area (Å²) in [6.45, 7) is 10.9.